The molecule has 0 aliphatic rings. The van der Waals surface area contributed by atoms with Crippen LogP contribution in [0.25, 0.3) is 0 Å². The first-order valence-electron chi connectivity index (χ1n) is 5.48. The molecule has 2 aromatic rings. The molecule has 17 heavy (non-hydrogen) atoms. The lowest BCUT2D eigenvalue weighted by molar-refractivity contribution is 0.663. The van der Waals surface area contributed by atoms with E-state index < -0.39 is 0 Å². The summed E-state index contributed by atoms with van der Waals surface area (Å²) in [6.07, 6.45) is 8.53. The molecule has 0 saturated carbocycles. The van der Waals surface area contributed by atoms with E-state index in [-0.39, 0.29) is 6.04 Å². The lowest BCUT2D eigenvalue weighted by Gasteiger charge is -2.12. The second-order valence-electron chi connectivity index (χ2n) is 4.00. The van der Waals surface area contributed by atoms with Gasteiger partial charge in [0.1, 0.15) is 0 Å². The van der Waals surface area contributed by atoms with Gasteiger partial charge in [0.15, 0.2) is 0 Å². The highest BCUT2D eigenvalue weighted by atomic mass is 35.5. The lowest BCUT2D eigenvalue weighted by atomic mass is 10.0. The van der Waals surface area contributed by atoms with Crippen LogP contribution in [-0.4, -0.2) is 16.0 Å². The highest BCUT2D eigenvalue weighted by Gasteiger charge is 2.08. The molecule has 2 rings (SSSR count). The average Bonchev–Trinajstić information content (AvgIpc) is 2.33. The highest BCUT2D eigenvalue weighted by Crippen LogP contribution is 2.15. The van der Waals surface area contributed by atoms with Crippen molar-refractivity contribution in [1.82, 2.24) is 9.97 Å². The lowest BCUT2D eigenvalue weighted by Crippen LogP contribution is -2.25. The molecule has 0 saturated heterocycles. The molecule has 2 heterocycles. The van der Waals surface area contributed by atoms with E-state index in [0.717, 1.165) is 24.0 Å². The van der Waals surface area contributed by atoms with Gasteiger partial charge in [0, 0.05) is 30.8 Å². The molecule has 1 unspecified atom stereocenters. The van der Waals surface area contributed by atoms with Gasteiger partial charge in [-0.1, -0.05) is 17.7 Å². The van der Waals surface area contributed by atoms with Crippen LogP contribution in [0.3, 0.4) is 0 Å². The Morgan fingerprint density at radius 1 is 1.12 bits per heavy atom. The number of nitrogens with zero attached hydrogens (tertiary/aromatic N) is 2. The van der Waals surface area contributed by atoms with Crippen LogP contribution >= 0.6 is 11.6 Å². The number of aromatic nitrogens is 2. The molecule has 1 atom stereocenters. The van der Waals surface area contributed by atoms with Gasteiger partial charge in [0.2, 0.25) is 0 Å². The normalized spacial score (nSPS) is 12.4. The first kappa shape index (κ1) is 12.0. The topological polar surface area (TPSA) is 51.8 Å². The second-order valence-corrected chi connectivity index (χ2v) is 4.40. The van der Waals surface area contributed by atoms with Gasteiger partial charge in [-0.2, -0.15) is 0 Å². The van der Waals surface area contributed by atoms with Crippen molar-refractivity contribution in [3.05, 3.63) is 59.1 Å². The van der Waals surface area contributed by atoms with Crippen LogP contribution in [-0.2, 0) is 12.8 Å². The number of hydrogen-bond acceptors (Lipinski definition) is 3. The Bertz CT molecular complexity index is 473. The van der Waals surface area contributed by atoms with E-state index in [4.69, 9.17) is 17.3 Å². The number of hydrogen-bond donors (Lipinski definition) is 1. The zero-order valence-electron chi connectivity index (χ0n) is 9.38. The zero-order chi connectivity index (χ0) is 12.1. The SMILES string of the molecule is NC(Cc1cccnc1)Cc1ccncc1Cl. The summed E-state index contributed by atoms with van der Waals surface area (Å²) in [6, 6.07) is 5.90. The predicted octanol–water partition coefficient (Wildman–Crippen LogP) is 2.24. The molecule has 0 fully saturated rings. The standard InChI is InChI=1S/C13H14ClN3/c14-13-9-17-5-3-11(13)7-12(15)6-10-2-1-4-16-8-10/h1-5,8-9,12H,6-7,15H2. The van der Waals surface area contributed by atoms with Crippen LogP contribution in [0, 0.1) is 0 Å². The van der Waals surface area contributed by atoms with Gasteiger partial charge in [0.05, 0.1) is 5.02 Å². The second kappa shape index (κ2) is 5.75. The maximum atomic E-state index is 6.10. The summed E-state index contributed by atoms with van der Waals surface area (Å²) in [7, 11) is 0. The number of halogens is 1. The first-order valence-corrected chi connectivity index (χ1v) is 5.86. The Morgan fingerprint density at radius 2 is 1.94 bits per heavy atom. The molecule has 2 N–H and O–H groups in total. The Morgan fingerprint density at radius 3 is 2.65 bits per heavy atom. The molecule has 0 amide bonds. The highest BCUT2D eigenvalue weighted by molar-refractivity contribution is 6.31. The molecule has 0 spiro atoms. The third-order valence-electron chi connectivity index (χ3n) is 2.56. The molecular weight excluding hydrogens is 234 g/mol. The summed E-state index contributed by atoms with van der Waals surface area (Å²) >= 11 is 6.04. The molecule has 3 nitrogen and oxygen atoms in total. The number of rotatable bonds is 4. The minimum atomic E-state index is 0.0408. The van der Waals surface area contributed by atoms with Gasteiger partial charge in [-0.15, -0.1) is 0 Å². The fourth-order valence-electron chi connectivity index (χ4n) is 1.75. The molecule has 2 aromatic heterocycles. The molecule has 0 aromatic carbocycles. The third kappa shape index (κ3) is 3.51. The summed E-state index contributed by atoms with van der Waals surface area (Å²) in [5.74, 6) is 0. The van der Waals surface area contributed by atoms with E-state index in [1.54, 1.807) is 18.6 Å². The Hall–Kier alpha value is -1.45. The van der Waals surface area contributed by atoms with Crippen LogP contribution in [0.5, 0.6) is 0 Å². The van der Waals surface area contributed by atoms with Gasteiger partial charge < -0.3 is 5.73 Å². The maximum absolute atomic E-state index is 6.10. The van der Waals surface area contributed by atoms with Crippen LogP contribution in [0.15, 0.2) is 43.0 Å². The van der Waals surface area contributed by atoms with Gasteiger partial charge >= 0.3 is 0 Å². The van der Waals surface area contributed by atoms with Gasteiger partial charge in [-0.3, -0.25) is 9.97 Å². The third-order valence-corrected chi connectivity index (χ3v) is 2.90. The molecular formula is C13H14ClN3. The first-order chi connectivity index (χ1) is 8.25. The molecule has 4 heteroatoms. The summed E-state index contributed by atoms with van der Waals surface area (Å²) in [6.45, 7) is 0. The Kier molecular flexibility index (Phi) is 4.07. The quantitative estimate of drug-likeness (QED) is 0.902. The van der Waals surface area contributed by atoms with E-state index in [1.165, 1.54) is 0 Å². The van der Waals surface area contributed by atoms with Crippen molar-refractivity contribution < 1.29 is 0 Å². The Balaban J connectivity index is 1.98. The minimum Gasteiger partial charge on any atom is -0.327 e. The van der Waals surface area contributed by atoms with E-state index in [1.807, 2.05) is 24.4 Å². The predicted molar refractivity (Wildman–Crippen MR) is 68.9 cm³/mol. The van der Waals surface area contributed by atoms with Gasteiger partial charge in [0.25, 0.3) is 0 Å². The monoisotopic (exact) mass is 247 g/mol. The van der Waals surface area contributed by atoms with Crippen LogP contribution in [0.1, 0.15) is 11.1 Å². The van der Waals surface area contributed by atoms with Crippen molar-refractivity contribution in [1.29, 1.82) is 0 Å². The summed E-state index contributed by atoms with van der Waals surface area (Å²) in [5.41, 5.74) is 8.28. The van der Waals surface area contributed by atoms with Crippen molar-refractivity contribution in [2.45, 2.75) is 18.9 Å². The van der Waals surface area contributed by atoms with E-state index in [2.05, 4.69) is 9.97 Å². The molecule has 0 aliphatic carbocycles. The van der Waals surface area contributed by atoms with Crippen molar-refractivity contribution in [2.75, 3.05) is 0 Å². The van der Waals surface area contributed by atoms with Gasteiger partial charge in [-0.05, 0) is 36.1 Å². The largest absolute Gasteiger partial charge is 0.327 e. The number of nitrogens with two attached hydrogens (primary N) is 1. The van der Waals surface area contributed by atoms with Crippen molar-refractivity contribution in [2.24, 2.45) is 5.73 Å². The van der Waals surface area contributed by atoms with E-state index in [0.29, 0.717) is 5.02 Å². The van der Waals surface area contributed by atoms with E-state index in [9.17, 15) is 0 Å². The molecule has 88 valence electrons. The Labute approximate surface area is 106 Å². The summed E-state index contributed by atoms with van der Waals surface area (Å²) in [5, 5.41) is 0.675. The molecule has 0 radical (unpaired) electrons. The van der Waals surface area contributed by atoms with Crippen molar-refractivity contribution >= 4 is 11.6 Å². The smallest absolute Gasteiger partial charge is 0.0621 e. The fraction of sp³-hybridized carbons (Fsp3) is 0.231. The zero-order valence-corrected chi connectivity index (χ0v) is 10.1. The van der Waals surface area contributed by atoms with Crippen molar-refractivity contribution in [3.63, 3.8) is 0 Å². The summed E-state index contributed by atoms with van der Waals surface area (Å²) in [4.78, 5) is 8.02. The average molecular weight is 248 g/mol. The van der Waals surface area contributed by atoms with Crippen LogP contribution in [0.2, 0.25) is 5.02 Å². The van der Waals surface area contributed by atoms with Gasteiger partial charge in [-0.25, -0.2) is 0 Å². The van der Waals surface area contributed by atoms with Crippen LogP contribution in [0.4, 0.5) is 0 Å². The summed E-state index contributed by atoms with van der Waals surface area (Å²) < 4.78 is 0. The van der Waals surface area contributed by atoms with E-state index >= 15 is 0 Å². The molecule has 0 aliphatic heterocycles. The van der Waals surface area contributed by atoms with Crippen LogP contribution < -0.4 is 5.73 Å². The number of pyridine rings is 2. The minimum absolute atomic E-state index is 0.0408. The van der Waals surface area contributed by atoms with Crippen molar-refractivity contribution in [3.8, 4) is 0 Å². The fourth-order valence-corrected chi connectivity index (χ4v) is 1.94. The molecule has 0 bridgehead atoms. The maximum Gasteiger partial charge on any atom is 0.0621 e.